The Hall–Kier alpha value is -3.00. The van der Waals surface area contributed by atoms with Crippen molar-refractivity contribution in [3.8, 4) is 0 Å². The summed E-state index contributed by atoms with van der Waals surface area (Å²) >= 11 is 6.16. The zero-order chi connectivity index (χ0) is 19.6. The lowest BCUT2D eigenvalue weighted by Gasteiger charge is -2.31. The van der Waals surface area contributed by atoms with Gasteiger partial charge >= 0.3 is 6.03 Å². The minimum absolute atomic E-state index is 0.0459. The van der Waals surface area contributed by atoms with Crippen LogP contribution < -0.4 is 10.6 Å². The van der Waals surface area contributed by atoms with E-state index in [2.05, 4.69) is 20.6 Å². The number of aromatic nitrogens is 2. The summed E-state index contributed by atoms with van der Waals surface area (Å²) in [7, 11) is 1.59. The summed E-state index contributed by atoms with van der Waals surface area (Å²) in [5.41, 5.74) is 1.18. The first-order chi connectivity index (χ1) is 12.9. The average molecular weight is 390 g/mol. The van der Waals surface area contributed by atoms with E-state index in [0.29, 0.717) is 11.4 Å². The number of nitrogens with zero attached hydrogens (tertiary/aromatic N) is 3. The van der Waals surface area contributed by atoms with E-state index in [-0.39, 0.29) is 22.7 Å². The molecule has 0 saturated carbocycles. The van der Waals surface area contributed by atoms with Crippen molar-refractivity contribution in [2.75, 3.05) is 7.05 Å². The zero-order valence-electron chi connectivity index (χ0n) is 14.7. The van der Waals surface area contributed by atoms with Crippen LogP contribution in [0.3, 0.4) is 0 Å². The van der Waals surface area contributed by atoms with Crippen molar-refractivity contribution in [3.63, 3.8) is 0 Å². The van der Waals surface area contributed by atoms with Crippen LogP contribution in [-0.4, -0.2) is 33.9 Å². The van der Waals surface area contributed by atoms with Gasteiger partial charge in [-0.3, -0.25) is 14.8 Å². The van der Waals surface area contributed by atoms with Gasteiger partial charge in [-0.2, -0.15) is 0 Å². The van der Waals surface area contributed by atoms with Crippen molar-refractivity contribution in [2.45, 2.75) is 19.5 Å². The lowest BCUT2D eigenvalue weighted by molar-refractivity contribution is -0.126. The van der Waals surface area contributed by atoms with Crippen molar-refractivity contribution in [1.82, 2.24) is 25.5 Å². The van der Waals surface area contributed by atoms with E-state index >= 15 is 0 Å². The molecule has 0 saturated heterocycles. The van der Waals surface area contributed by atoms with Crippen molar-refractivity contribution in [2.24, 2.45) is 0 Å². The Bertz CT molecular complexity index is 899. The van der Waals surface area contributed by atoms with Crippen LogP contribution in [0, 0.1) is 5.82 Å². The van der Waals surface area contributed by atoms with Gasteiger partial charge in [0.05, 0.1) is 30.1 Å². The van der Waals surface area contributed by atoms with Gasteiger partial charge in [0.15, 0.2) is 0 Å². The Morgan fingerprint density at radius 2 is 2.15 bits per heavy atom. The number of halogens is 2. The van der Waals surface area contributed by atoms with Crippen LogP contribution in [0.5, 0.6) is 0 Å². The molecule has 1 unspecified atom stereocenters. The number of urea groups is 1. The summed E-state index contributed by atoms with van der Waals surface area (Å²) in [5.74, 6) is -1.00. The van der Waals surface area contributed by atoms with E-state index in [9.17, 15) is 14.0 Å². The normalized spacial score (nSPS) is 16.6. The minimum Gasteiger partial charge on any atom is -0.336 e. The summed E-state index contributed by atoms with van der Waals surface area (Å²) in [5, 5.41) is 5.26. The largest absolute Gasteiger partial charge is 0.336 e. The number of carbonyl (C=O) groups is 2. The maximum Gasteiger partial charge on any atom is 0.319 e. The second-order valence-corrected chi connectivity index (χ2v) is 6.47. The predicted molar refractivity (Wildman–Crippen MR) is 97.0 cm³/mol. The molecule has 1 atom stereocenters. The summed E-state index contributed by atoms with van der Waals surface area (Å²) < 4.78 is 14.5. The van der Waals surface area contributed by atoms with Gasteiger partial charge in [-0.25, -0.2) is 9.18 Å². The van der Waals surface area contributed by atoms with Crippen molar-refractivity contribution >= 4 is 23.5 Å². The molecule has 140 valence electrons. The summed E-state index contributed by atoms with van der Waals surface area (Å²) in [6, 6.07) is 2.65. The molecular formula is C18H17ClFN5O2. The van der Waals surface area contributed by atoms with Gasteiger partial charge < -0.3 is 15.5 Å². The molecule has 1 aliphatic rings. The molecule has 0 spiro atoms. The molecule has 2 N–H and O–H groups in total. The molecule has 0 radical (unpaired) electrons. The number of hydrogen-bond donors (Lipinski definition) is 2. The first kappa shape index (κ1) is 18.8. The SMILES string of the molecule is CC1=C(C(=O)N(C)Cc2cnccn2)C(c2c(F)cccc2Cl)NC(=O)N1. The van der Waals surface area contributed by atoms with Crippen LogP contribution in [0.1, 0.15) is 24.2 Å². The first-order valence-electron chi connectivity index (χ1n) is 8.11. The van der Waals surface area contributed by atoms with Crippen LogP contribution in [0.25, 0.3) is 0 Å². The summed E-state index contributed by atoms with van der Waals surface area (Å²) in [6.07, 6.45) is 4.62. The Balaban J connectivity index is 1.98. The van der Waals surface area contributed by atoms with Crippen LogP contribution >= 0.6 is 11.6 Å². The molecule has 0 fully saturated rings. The molecule has 1 aromatic carbocycles. The Labute approximate surface area is 160 Å². The van der Waals surface area contributed by atoms with Crippen LogP contribution in [0.4, 0.5) is 9.18 Å². The molecule has 3 amide bonds. The molecule has 2 aromatic rings. The quantitative estimate of drug-likeness (QED) is 0.841. The first-order valence-corrected chi connectivity index (χ1v) is 8.49. The van der Waals surface area contributed by atoms with Gasteiger partial charge in [-0.1, -0.05) is 17.7 Å². The highest BCUT2D eigenvalue weighted by atomic mass is 35.5. The molecule has 7 nitrogen and oxygen atoms in total. The highest BCUT2D eigenvalue weighted by Crippen LogP contribution is 2.34. The molecule has 2 heterocycles. The van der Waals surface area contributed by atoms with Crippen molar-refractivity contribution in [3.05, 3.63) is 70.2 Å². The smallest absolute Gasteiger partial charge is 0.319 e. The van der Waals surface area contributed by atoms with Gasteiger partial charge in [0.2, 0.25) is 0 Å². The van der Waals surface area contributed by atoms with Gasteiger partial charge in [0.1, 0.15) is 5.82 Å². The Morgan fingerprint density at radius 3 is 2.81 bits per heavy atom. The van der Waals surface area contributed by atoms with Crippen LogP contribution in [-0.2, 0) is 11.3 Å². The van der Waals surface area contributed by atoms with E-state index in [1.54, 1.807) is 20.2 Å². The fraction of sp³-hybridized carbons (Fsp3) is 0.222. The Morgan fingerprint density at radius 1 is 1.37 bits per heavy atom. The van der Waals surface area contributed by atoms with Crippen LogP contribution in [0.2, 0.25) is 5.02 Å². The lowest BCUT2D eigenvalue weighted by atomic mass is 9.94. The molecule has 1 aliphatic heterocycles. The predicted octanol–water partition coefficient (Wildman–Crippen LogP) is 2.56. The topological polar surface area (TPSA) is 87.2 Å². The van der Waals surface area contributed by atoms with E-state index in [1.165, 1.54) is 35.5 Å². The summed E-state index contributed by atoms with van der Waals surface area (Å²) in [6.45, 7) is 1.79. The maximum absolute atomic E-state index is 14.5. The molecule has 27 heavy (non-hydrogen) atoms. The van der Waals surface area contributed by atoms with Gasteiger partial charge in [-0.05, 0) is 19.1 Å². The number of likely N-dealkylation sites (N-methyl/N-ethyl adjacent to an activating group) is 1. The van der Waals surface area contributed by atoms with Gasteiger partial charge in [0, 0.05) is 35.7 Å². The molecule has 3 rings (SSSR count). The number of amides is 3. The number of rotatable bonds is 4. The van der Waals surface area contributed by atoms with E-state index in [0.717, 1.165) is 0 Å². The molecule has 9 heteroatoms. The molecular weight excluding hydrogens is 373 g/mol. The molecule has 0 bridgehead atoms. The lowest BCUT2D eigenvalue weighted by Crippen LogP contribution is -2.47. The third kappa shape index (κ3) is 3.90. The highest BCUT2D eigenvalue weighted by molar-refractivity contribution is 6.31. The maximum atomic E-state index is 14.5. The summed E-state index contributed by atoms with van der Waals surface area (Å²) in [4.78, 5) is 34.6. The highest BCUT2D eigenvalue weighted by Gasteiger charge is 2.35. The standard InChI is InChI=1S/C18H17ClFN5O2/c1-10-14(17(26)25(2)9-11-8-21-6-7-22-11)16(24-18(27)23-10)15-12(19)4-3-5-13(15)20/h3-8,16H,9H2,1-2H3,(H2,23,24,27). The van der Waals surface area contributed by atoms with Gasteiger partial charge in [0.25, 0.3) is 5.91 Å². The van der Waals surface area contributed by atoms with Gasteiger partial charge in [-0.15, -0.1) is 0 Å². The van der Waals surface area contributed by atoms with Crippen molar-refractivity contribution < 1.29 is 14.0 Å². The fourth-order valence-electron chi connectivity index (χ4n) is 2.91. The average Bonchev–Trinajstić information content (AvgIpc) is 2.61. The monoisotopic (exact) mass is 389 g/mol. The number of allylic oxidation sites excluding steroid dienone is 1. The molecule has 1 aromatic heterocycles. The number of nitrogens with one attached hydrogen (secondary N) is 2. The second kappa shape index (κ2) is 7.71. The number of hydrogen-bond acceptors (Lipinski definition) is 4. The second-order valence-electron chi connectivity index (χ2n) is 6.06. The fourth-order valence-corrected chi connectivity index (χ4v) is 3.18. The molecule has 0 aliphatic carbocycles. The third-order valence-corrected chi connectivity index (χ3v) is 4.48. The van der Waals surface area contributed by atoms with E-state index < -0.39 is 23.8 Å². The van der Waals surface area contributed by atoms with Crippen LogP contribution in [0.15, 0.2) is 48.1 Å². The third-order valence-electron chi connectivity index (χ3n) is 4.15. The number of benzene rings is 1. The van der Waals surface area contributed by atoms with E-state index in [4.69, 9.17) is 11.6 Å². The minimum atomic E-state index is -1.01. The zero-order valence-corrected chi connectivity index (χ0v) is 15.4. The van der Waals surface area contributed by atoms with E-state index in [1.807, 2.05) is 0 Å². The Kier molecular flexibility index (Phi) is 5.36. The number of carbonyl (C=O) groups excluding carboxylic acids is 2. The van der Waals surface area contributed by atoms with Crippen molar-refractivity contribution in [1.29, 1.82) is 0 Å².